The molecule has 2 aromatic rings. The molecule has 1 fully saturated rings. The fourth-order valence-corrected chi connectivity index (χ4v) is 5.27. The second-order valence-electron chi connectivity index (χ2n) is 8.95. The summed E-state index contributed by atoms with van der Waals surface area (Å²) in [6.07, 6.45) is 6.09. The summed E-state index contributed by atoms with van der Waals surface area (Å²) in [6.45, 7) is 6.00. The van der Waals surface area contributed by atoms with Gasteiger partial charge in [-0.15, -0.1) is 0 Å². The van der Waals surface area contributed by atoms with E-state index in [0.29, 0.717) is 6.42 Å². The van der Waals surface area contributed by atoms with E-state index < -0.39 is 17.0 Å². The summed E-state index contributed by atoms with van der Waals surface area (Å²) in [5.74, 6) is -1.18. The number of hydrogen-bond donors (Lipinski definition) is 0. The summed E-state index contributed by atoms with van der Waals surface area (Å²) >= 11 is 0. The molecule has 2 nitrogen and oxygen atoms in total. The molecular formula is C27H34F2N2. The lowest BCUT2D eigenvalue weighted by Crippen LogP contribution is -2.40. The molecule has 0 N–H and O–H groups in total. The van der Waals surface area contributed by atoms with Gasteiger partial charge < -0.3 is 0 Å². The summed E-state index contributed by atoms with van der Waals surface area (Å²) in [5.41, 5.74) is 0.119. The SMILES string of the molecule is CCN(Cc1ccccc1)C(C)CCC(C#N)(c1c(F)cccc1F)C1CCCCC1. The predicted octanol–water partition coefficient (Wildman–Crippen LogP) is 7.00. The largest absolute Gasteiger partial charge is 0.297 e. The van der Waals surface area contributed by atoms with Gasteiger partial charge in [0.05, 0.1) is 11.5 Å². The molecular weight excluding hydrogens is 390 g/mol. The molecule has 0 aromatic heterocycles. The zero-order valence-corrected chi connectivity index (χ0v) is 18.8. The molecule has 0 bridgehead atoms. The predicted molar refractivity (Wildman–Crippen MR) is 121 cm³/mol. The Hall–Kier alpha value is -2.25. The fourth-order valence-electron chi connectivity index (χ4n) is 5.27. The standard InChI is InChI=1S/C27H34F2N2/c1-3-31(19-22-11-6-4-7-12-22)21(2)17-18-27(20-30,23-13-8-5-9-14-23)26-24(28)15-10-16-25(26)29/h4,6-7,10-12,15-16,21,23H,3,5,8-9,13-14,17-19H2,1-2H3. The van der Waals surface area contributed by atoms with Gasteiger partial charge >= 0.3 is 0 Å². The van der Waals surface area contributed by atoms with E-state index in [2.05, 4.69) is 36.9 Å². The Balaban J connectivity index is 1.85. The van der Waals surface area contributed by atoms with Crippen LogP contribution in [0.2, 0.25) is 0 Å². The second kappa shape index (κ2) is 10.9. The Morgan fingerprint density at radius 3 is 2.26 bits per heavy atom. The van der Waals surface area contributed by atoms with Crippen LogP contribution in [0.25, 0.3) is 0 Å². The molecule has 2 aromatic carbocycles. The summed E-state index contributed by atoms with van der Waals surface area (Å²) in [5, 5.41) is 10.4. The lowest BCUT2D eigenvalue weighted by Gasteiger charge is -2.39. The first-order chi connectivity index (χ1) is 15.0. The normalized spacial score (nSPS) is 17.8. The number of rotatable bonds is 9. The summed E-state index contributed by atoms with van der Waals surface area (Å²) in [7, 11) is 0. The van der Waals surface area contributed by atoms with Crippen LogP contribution >= 0.6 is 0 Å². The molecule has 1 saturated carbocycles. The van der Waals surface area contributed by atoms with Crippen molar-refractivity contribution in [2.75, 3.05) is 6.54 Å². The van der Waals surface area contributed by atoms with Crippen LogP contribution in [-0.4, -0.2) is 17.5 Å². The minimum Gasteiger partial charge on any atom is -0.297 e. The first-order valence-corrected chi connectivity index (χ1v) is 11.7. The maximum absolute atomic E-state index is 14.9. The highest BCUT2D eigenvalue weighted by molar-refractivity contribution is 5.36. The van der Waals surface area contributed by atoms with Gasteiger partial charge in [0, 0.05) is 18.2 Å². The van der Waals surface area contributed by atoms with Gasteiger partial charge in [-0.3, -0.25) is 4.90 Å². The van der Waals surface area contributed by atoms with Crippen molar-refractivity contribution >= 4 is 0 Å². The minimum absolute atomic E-state index is 0.00551. The van der Waals surface area contributed by atoms with E-state index in [4.69, 9.17) is 0 Å². The maximum Gasteiger partial charge on any atom is 0.130 e. The molecule has 166 valence electrons. The molecule has 0 radical (unpaired) electrons. The molecule has 0 saturated heterocycles. The number of nitriles is 1. The number of nitrogens with zero attached hydrogens (tertiary/aromatic N) is 2. The Labute approximate surface area is 185 Å². The monoisotopic (exact) mass is 424 g/mol. The van der Waals surface area contributed by atoms with Crippen molar-refractivity contribution in [1.82, 2.24) is 4.90 Å². The molecule has 0 amide bonds. The van der Waals surface area contributed by atoms with Gasteiger partial charge in [0.15, 0.2) is 0 Å². The van der Waals surface area contributed by atoms with Crippen LogP contribution in [0.1, 0.15) is 69.9 Å². The van der Waals surface area contributed by atoms with Crippen LogP contribution in [0.4, 0.5) is 8.78 Å². The van der Waals surface area contributed by atoms with E-state index in [1.165, 1.54) is 23.8 Å². The van der Waals surface area contributed by atoms with Gasteiger partial charge in [-0.1, -0.05) is 62.6 Å². The topological polar surface area (TPSA) is 27.0 Å². The Kier molecular flexibility index (Phi) is 8.21. The minimum atomic E-state index is -1.11. The smallest absolute Gasteiger partial charge is 0.130 e. The van der Waals surface area contributed by atoms with Crippen LogP contribution in [0.3, 0.4) is 0 Å². The van der Waals surface area contributed by atoms with Crippen LogP contribution in [0.5, 0.6) is 0 Å². The van der Waals surface area contributed by atoms with E-state index in [1.54, 1.807) is 0 Å². The molecule has 2 unspecified atom stereocenters. The van der Waals surface area contributed by atoms with Crippen molar-refractivity contribution in [3.05, 3.63) is 71.3 Å². The van der Waals surface area contributed by atoms with Crippen molar-refractivity contribution < 1.29 is 8.78 Å². The average Bonchev–Trinajstić information content (AvgIpc) is 2.80. The molecule has 1 aliphatic carbocycles. The van der Waals surface area contributed by atoms with E-state index in [1.807, 2.05) is 18.2 Å². The third-order valence-electron chi connectivity index (χ3n) is 7.12. The Morgan fingerprint density at radius 2 is 1.68 bits per heavy atom. The number of benzene rings is 2. The van der Waals surface area contributed by atoms with Crippen molar-refractivity contribution in [2.45, 2.75) is 76.8 Å². The van der Waals surface area contributed by atoms with Gasteiger partial charge in [-0.05, 0) is 62.8 Å². The summed E-state index contributed by atoms with van der Waals surface area (Å²) in [6, 6.07) is 17.0. The van der Waals surface area contributed by atoms with E-state index >= 15 is 0 Å². The Bertz CT molecular complexity index is 850. The zero-order valence-electron chi connectivity index (χ0n) is 18.8. The highest BCUT2D eigenvalue weighted by Gasteiger charge is 2.44. The second-order valence-corrected chi connectivity index (χ2v) is 8.95. The van der Waals surface area contributed by atoms with Crippen LogP contribution in [-0.2, 0) is 12.0 Å². The molecule has 31 heavy (non-hydrogen) atoms. The van der Waals surface area contributed by atoms with Crippen molar-refractivity contribution in [3.8, 4) is 6.07 Å². The number of hydrogen-bond acceptors (Lipinski definition) is 2. The van der Waals surface area contributed by atoms with Gasteiger partial charge in [-0.25, -0.2) is 8.78 Å². The van der Waals surface area contributed by atoms with Crippen LogP contribution in [0, 0.1) is 28.9 Å². The lowest BCUT2D eigenvalue weighted by molar-refractivity contribution is 0.169. The van der Waals surface area contributed by atoms with E-state index in [0.717, 1.165) is 51.6 Å². The fraction of sp³-hybridized carbons (Fsp3) is 0.519. The summed E-state index contributed by atoms with van der Waals surface area (Å²) < 4.78 is 29.8. The third kappa shape index (κ3) is 5.33. The van der Waals surface area contributed by atoms with Crippen molar-refractivity contribution in [2.24, 2.45) is 5.92 Å². The highest BCUT2D eigenvalue weighted by atomic mass is 19.1. The maximum atomic E-state index is 14.9. The van der Waals surface area contributed by atoms with Crippen LogP contribution in [0.15, 0.2) is 48.5 Å². The molecule has 3 rings (SSSR count). The van der Waals surface area contributed by atoms with E-state index in [-0.39, 0.29) is 17.5 Å². The molecule has 0 spiro atoms. The first-order valence-electron chi connectivity index (χ1n) is 11.7. The molecule has 2 atom stereocenters. The highest BCUT2D eigenvalue weighted by Crippen LogP contribution is 2.46. The van der Waals surface area contributed by atoms with Gasteiger partial charge in [0.25, 0.3) is 0 Å². The number of halogens is 2. The molecule has 0 heterocycles. The van der Waals surface area contributed by atoms with Crippen molar-refractivity contribution in [1.29, 1.82) is 5.26 Å². The first kappa shape index (κ1) is 23.4. The Morgan fingerprint density at radius 1 is 1.03 bits per heavy atom. The average molecular weight is 425 g/mol. The quantitative estimate of drug-likeness (QED) is 0.433. The molecule has 1 aliphatic rings. The summed E-state index contributed by atoms with van der Waals surface area (Å²) in [4.78, 5) is 2.37. The molecule has 4 heteroatoms. The van der Waals surface area contributed by atoms with Gasteiger partial charge in [0.1, 0.15) is 11.6 Å². The third-order valence-corrected chi connectivity index (χ3v) is 7.12. The van der Waals surface area contributed by atoms with E-state index in [9.17, 15) is 14.0 Å². The van der Waals surface area contributed by atoms with Gasteiger partial charge in [-0.2, -0.15) is 5.26 Å². The zero-order chi connectivity index (χ0) is 22.3. The lowest BCUT2D eigenvalue weighted by atomic mass is 9.63. The van der Waals surface area contributed by atoms with Crippen molar-refractivity contribution in [3.63, 3.8) is 0 Å². The van der Waals surface area contributed by atoms with Crippen LogP contribution < -0.4 is 0 Å². The van der Waals surface area contributed by atoms with Gasteiger partial charge in [0.2, 0.25) is 0 Å². The molecule has 0 aliphatic heterocycles.